The molecule has 1 aromatic carbocycles. The Morgan fingerprint density at radius 3 is 2.32 bits per heavy atom. The van der Waals surface area contributed by atoms with Gasteiger partial charge in [-0.3, -0.25) is 23.8 Å². The van der Waals surface area contributed by atoms with Crippen LogP contribution in [0.25, 0.3) is 5.69 Å². The number of primary amides is 1. The molecule has 1 atom stereocenters. The van der Waals surface area contributed by atoms with Gasteiger partial charge in [-0.1, -0.05) is 11.6 Å². The number of hydrogen-bond acceptors (Lipinski definition) is 6. The van der Waals surface area contributed by atoms with E-state index in [0.29, 0.717) is 4.57 Å². The van der Waals surface area contributed by atoms with Crippen molar-refractivity contribution in [3.8, 4) is 5.69 Å². The Labute approximate surface area is 168 Å². The quantitative estimate of drug-likeness (QED) is 0.723. The van der Waals surface area contributed by atoms with Crippen LogP contribution in [0.4, 0.5) is 10.1 Å². The minimum absolute atomic E-state index is 0.0130. The van der Waals surface area contributed by atoms with E-state index in [-0.39, 0.29) is 34.1 Å². The molecular formula is C16H17ClFN5O4S. The zero-order valence-electron chi connectivity index (χ0n) is 15.2. The van der Waals surface area contributed by atoms with Gasteiger partial charge in [0, 0.05) is 27.1 Å². The van der Waals surface area contributed by atoms with Gasteiger partial charge in [-0.05, 0) is 31.3 Å². The van der Waals surface area contributed by atoms with Gasteiger partial charge in [-0.2, -0.15) is 0 Å². The molecule has 2 heterocycles. The first-order valence-electron chi connectivity index (χ1n) is 8.13. The Morgan fingerprint density at radius 2 is 1.82 bits per heavy atom. The van der Waals surface area contributed by atoms with Crippen molar-refractivity contribution in [2.24, 2.45) is 19.8 Å². The van der Waals surface area contributed by atoms with Crippen LogP contribution in [-0.2, 0) is 23.7 Å². The summed E-state index contributed by atoms with van der Waals surface area (Å²) in [5.74, 6) is -1.55. The summed E-state index contributed by atoms with van der Waals surface area (Å²) in [6.07, 6.45) is 0.284. The van der Waals surface area contributed by atoms with Gasteiger partial charge in [-0.25, -0.2) is 18.5 Å². The summed E-state index contributed by atoms with van der Waals surface area (Å²) in [5.41, 5.74) is 2.33. The number of nitrogens with zero attached hydrogens (tertiary/aromatic N) is 4. The molecule has 9 nitrogen and oxygen atoms in total. The molecule has 0 aliphatic carbocycles. The van der Waals surface area contributed by atoms with E-state index in [9.17, 15) is 18.8 Å². The third kappa shape index (κ3) is 3.05. The number of anilines is 1. The van der Waals surface area contributed by atoms with E-state index in [1.807, 2.05) is 0 Å². The van der Waals surface area contributed by atoms with Crippen LogP contribution < -0.4 is 22.2 Å². The fourth-order valence-corrected chi connectivity index (χ4v) is 3.25. The molecule has 3 rings (SSSR count). The van der Waals surface area contributed by atoms with Gasteiger partial charge in [0.15, 0.2) is 10.4 Å². The van der Waals surface area contributed by atoms with Crippen LogP contribution in [-0.4, -0.2) is 31.8 Å². The van der Waals surface area contributed by atoms with Crippen molar-refractivity contribution in [3.05, 3.63) is 48.7 Å². The van der Waals surface area contributed by atoms with Gasteiger partial charge in [0.2, 0.25) is 0 Å². The monoisotopic (exact) mass is 429 g/mol. The van der Waals surface area contributed by atoms with Gasteiger partial charge in [0.1, 0.15) is 5.82 Å². The Bertz CT molecular complexity index is 1130. The molecule has 2 aromatic rings. The van der Waals surface area contributed by atoms with Crippen molar-refractivity contribution in [3.63, 3.8) is 0 Å². The smallest absolute Gasteiger partial charge is 0.338 e. The second kappa shape index (κ2) is 6.83. The number of hydroxylamine groups is 1. The highest BCUT2D eigenvalue weighted by Crippen LogP contribution is 2.36. The predicted molar refractivity (Wildman–Crippen MR) is 103 cm³/mol. The first kappa shape index (κ1) is 20.2. The highest BCUT2D eigenvalue weighted by molar-refractivity contribution is 7.71. The molecule has 0 radical (unpaired) electrons. The zero-order valence-corrected chi connectivity index (χ0v) is 16.8. The minimum atomic E-state index is -1.25. The molecule has 1 aliphatic heterocycles. The van der Waals surface area contributed by atoms with Crippen LogP contribution in [0, 0.1) is 10.6 Å². The molecule has 1 saturated heterocycles. The van der Waals surface area contributed by atoms with Gasteiger partial charge in [0.05, 0.1) is 16.4 Å². The van der Waals surface area contributed by atoms with Crippen molar-refractivity contribution in [2.75, 3.05) is 11.6 Å². The van der Waals surface area contributed by atoms with E-state index in [4.69, 9.17) is 34.4 Å². The topological polar surface area (TPSA) is 104 Å². The lowest BCUT2D eigenvalue weighted by atomic mass is 10.0. The van der Waals surface area contributed by atoms with Gasteiger partial charge in [0.25, 0.3) is 5.91 Å². The number of aromatic nitrogens is 3. The minimum Gasteiger partial charge on any atom is -0.367 e. The molecule has 0 spiro atoms. The Kier molecular flexibility index (Phi) is 4.94. The second-order valence-corrected chi connectivity index (χ2v) is 7.37. The van der Waals surface area contributed by atoms with Gasteiger partial charge >= 0.3 is 11.4 Å². The van der Waals surface area contributed by atoms with Crippen LogP contribution in [0.3, 0.4) is 0 Å². The van der Waals surface area contributed by atoms with Crippen LogP contribution in [0.2, 0.25) is 5.02 Å². The number of hydrogen-bond donors (Lipinski definition) is 1. The molecule has 1 fully saturated rings. The molecule has 0 saturated carbocycles. The number of nitrogens with two attached hydrogens (primary N) is 1. The lowest BCUT2D eigenvalue weighted by Gasteiger charge is -2.24. The highest BCUT2D eigenvalue weighted by atomic mass is 35.5. The molecule has 0 bridgehead atoms. The van der Waals surface area contributed by atoms with E-state index in [1.165, 1.54) is 32.1 Å². The van der Waals surface area contributed by atoms with Crippen molar-refractivity contribution >= 4 is 35.4 Å². The molecular weight excluding hydrogens is 413 g/mol. The number of rotatable bonds is 3. The van der Waals surface area contributed by atoms with E-state index in [0.717, 1.165) is 15.2 Å². The second-order valence-electron chi connectivity index (χ2n) is 6.59. The van der Waals surface area contributed by atoms with Crippen molar-refractivity contribution < 1.29 is 14.0 Å². The third-order valence-electron chi connectivity index (χ3n) is 4.68. The molecule has 12 heteroatoms. The summed E-state index contributed by atoms with van der Waals surface area (Å²) >= 11 is 11.2. The Hall–Kier alpha value is -2.50. The molecule has 28 heavy (non-hydrogen) atoms. The normalized spacial score (nSPS) is 19.2. The summed E-state index contributed by atoms with van der Waals surface area (Å²) < 4.78 is 17.4. The van der Waals surface area contributed by atoms with Crippen LogP contribution in [0.1, 0.15) is 13.3 Å². The molecule has 1 amide bonds. The lowest BCUT2D eigenvalue weighted by Crippen LogP contribution is -2.44. The van der Waals surface area contributed by atoms with Crippen LogP contribution in [0.5, 0.6) is 0 Å². The van der Waals surface area contributed by atoms with Crippen molar-refractivity contribution in [1.29, 1.82) is 0 Å². The average molecular weight is 430 g/mol. The largest absolute Gasteiger partial charge is 0.367 e. The molecule has 1 aromatic heterocycles. The summed E-state index contributed by atoms with van der Waals surface area (Å²) in [6.45, 7) is 1.77. The number of carbonyl (C=O) groups is 1. The summed E-state index contributed by atoms with van der Waals surface area (Å²) in [6, 6.07) is 2.17. The number of halogens is 2. The number of amides is 1. The van der Waals surface area contributed by atoms with E-state index in [2.05, 4.69) is 0 Å². The van der Waals surface area contributed by atoms with Gasteiger partial charge < -0.3 is 5.73 Å². The fourth-order valence-electron chi connectivity index (χ4n) is 2.85. The first-order chi connectivity index (χ1) is 13.0. The van der Waals surface area contributed by atoms with E-state index in [1.54, 1.807) is 0 Å². The summed E-state index contributed by atoms with van der Waals surface area (Å²) in [5, 5.41) is 1.26. The SMILES string of the molecule is Cn1c(=S)n(C)c(=O)n(-c2cc(N3CCC(C)(C(N)=O)O3)c(Cl)cc2F)c1=O. The predicted octanol–water partition coefficient (Wildman–Crippen LogP) is 0.782. The lowest BCUT2D eigenvalue weighted by molar-refractivity contribution is -0.137. The molecule has 1 aliphatic rings. The molecule has 150 valence electrons. The maximum Gasteiger partial charge on any atom is 0.338 e. The third-order valence-corrected chi connectivity index (χ3v) is 5.53. The number of benzene rings is 1. The Morgan fingerprint density at radius 1 is 1.25 bits per heavy atom. The standard InChI is InChI=1S/C16H17ClFN5O4S/c1-16(12(19)24)4-5-22(27-16)10-7-11(9(18)6-8(10)17)23-13(25)20(2)15(28)21(3)14(23)26/h6-7H,4-5H2,1-3H3,(H2,19,24). The fraction of sp³-hybridized carbons (Fsp3) is 0.375. The summed E-state index contributed by atoms with van der Waals surface area (Å²) in [4.78, 5) is 42.3. The van der Waals surface area contributed by atoms with Crippen molar-refractivity contribution in [1.82, 2.24) is 13.7 Å². The van der Waals surface area contributed by atoms with Crippen LogP contribution >= 0.6 is 23.8 Å². The van der Waals surface area contributed by atoms with E-state index < -0.39 is 28.7 Å². The van der Waals surface area contributed by atoms with E-state index >= 15 is 0 Å². The maximum atomic E-state index is 14.6. The number of carbonyl (C=O) groups excluding carboxylic acids is 1. The molecule has 2 N–H and O–H groups in total. The van der Waals surface area contributed by atoms with Crippen LogP contribution in [0.15, 0.2) is 21.7 Å². The maximum absolute atomic E-state index is 14.6. The van der Waals surface area contributed by atoms with Crippen molar-refractivity contribution in [2.45, 2.75) is 18.9 Å². The first-order valence-corrected chi connectivity index (χ1v) is 8.91. The highest BCUT2D eigenvalue weighted by Gasteiger charge is 2.41. The van der Waals surface area contributed by atoms with Gasteiger partial charge in [-0.15, -0.1) is 0 Å². The average Bonchev–Trinajstić information content (AvgIpc) is 3.03. The zero-order chi connectivity index (χ0) is 21.0. The summed E-state index contributed by atoms with van der Waals surface area (Å²) in [7, 11) is 2.74. The molecule has 1 unspecified atom stereocenters. The Balaban J connectivity index is 2.21.